The Morgan fingerprint density at radius 2 is 2.10 bits per heavy atom. The van der Waals surface area contributed by atoms with Crippen LogP contribution in [0.2, 0.25) is 0 Å². The summed E-state index contributed by atoms with van der Waals surface area (Å²) in [6.07, 6.45) is 0. The molecule has 4 nitrogen and oxygen atoms in total. The van der Waals surface area contributed by atoms with Gasteiger partial charge in [-0.2, -0.15) is 11.8 Å². The molecule has 21 heavy (non-hydrogen) atoms. The Balaban J connectivity index is 1.99. The highest BCUT2D eigenvalue weighted by atomic mass is 32.2. The zero-order valence-corrected chi connectivity index (χ0v) is 12.9. The maximum absolute atomic E-state index is 12.6. The largest absolute Gasteiger partial charge is 0.385 e. The van der Waals surface area contributed by atoms with E-state index in [-0.39, 0.29) is 5.91 Å². The van der Waals surface area contributed by atoms with E-state index in [2.05, 4.69) is 17.2 Å². The van der Waals surface area contributed by atoms with Crippen LogP contribution in [-0.4, -0.2) is 46.9 Å². The van der Waals surface area contributed by atoms with Crippen LogP contribution in [0.5, 0.6) is 0 Å². The molecule has 1 aliphatic rings. The van der Waals surface area contributed by atoms with E-state index in [0.29, 0.717) is 5.69 Å². The van der Waals surface area contributed by atoms with Gasteiger partial charge in [0.2, 0.25) is 0 Å². The van der Waals surface area contributed by atoms with E-state index in [4.69, 9.17) is 0 Å². The average molecular weight is 301 g/mol. The van der Waals surface area contributed by atoms with E-state index in [1.807, 2.05) is 47.0 Å². The number of hydrogen-bond donors (Lipinski definition) is 1. The Morgan fingerprint density at radius 3 is 2.86 bits per heavy atom. The molecule has 0 atom stereocenters. The van der Waals surface area contributed by atoms with Gasteiger partial charge < -0.3 is 10.2 Å². The lowest BCUT2D eigenvalue weighted by Gasteiger charge is -2.26. The summed E-state index contributed by atoms with van der Waals surface area (Å²) < 4.78 is 0. The zero-order valence-electron chi connectivity index (χ0n) is 12.1. The first-order valence-electron chi connectivity index (χ1n) is 7.30. The van der Waals surface area contributed by atoms with Crippen molar-refractivity contribution in [1.82, 2.24) is 9.88 Å². The molecule has 1 amide bonds. The molecule has 1 aromatic heterocycles. The molecule has 0 saturated carbocycles. The minimum Gasteiger partial charge on any atom is -0.385 e. The third kappa shape index (κ3) is 2.97. The van der Waals surface area contributed by atoms with E-state index in [1.54, 1.807) is 0 Å². The minimum atomic E-state index is 0.0419. The monoisotopic (exact) mass is 301 g/mol. The zero-order chi connectivity index (χ0) is 14.7. The summed E-state index contributed by atoms with van der Waals surface area (Å²) >= 11 is 1.90. The smallest absolute Gasteiger partial charge is 0.272 e. The van der Waals surface area contributed by atoms with E-state index in [9.17, 15) is 4.79 Å². The number of carbonyl (C=O) groups is 1. The average Bonchev–Trinajstić information content (AvgIpc) is 2.55. The second-order valence-corrected chi connectivity index (χ2v) is 6.23. The predicted octanol–water partition coefficient (Wildman–Crippen LogP) is 2.86. The first-order valence-corrected chi connectivity index (χ1v) is 8.45. The van der Waals surface area contributed by atoms with Crippen LogP contribution in [0.3, 0.4) is 0 Å². The molecular weight excluding hydrogens is 282 g/mol. The van der Waals surface area contributed by atoms with Gasteiger partial charge in [-0.05, 0) is 19.1 Å². The lowest BCUT2D eigenvalue weighted by atomic mass is 10.1. The van der Waals surface area contributed by atoms with E-state index < -0.39 is 0 Å². The number of thioether (sulfide) groups is 1. The molecule has 110 valence electrons. The first-order chi connectivity index (χ1) is 10.3. The fourth-order valence-electron chi connectivity index (χ4n) is 2.55. The maximum atomic E-state index is 12.6. The van der Waals surface area contributed by atoms with Crippen molar-refractivity contribution in [1.29, 1.82) is 0 Å². The summed E-state index contributed by atoms with van der Waals surface area (Å²) in [6, 6.07) is 9.83. The number of carbonyl (C=O) groups excluding carboxylic acids is 1. The molecule has 0 aliphatic carbocycles. The molecule has 0 radical (unpaired) electrons. The fourth-order valence-corrected chi connectivity index (χ4v) is 3.45. The molecular formula is C16H19N3OS. The number of anilines is 1. The fraction of sp³-hybridized carbons (Fsp3) is 0.375. The standard InChI is InChI=1S/C16H19N3OS/c1-2-17-14-11-15(16(20)19-7-9-21-10-8-19)18-13-6-4-3-5-12(13)14/h3-6,11H,2,7-10H2,1H3,(H,17,18). The normalized spacial score (nSPS) is 15.2. The van der Waals surface area contributed by atoms with Crippen LogP contribution in [0.1, 0.15) is 17.4 Å². The van der Waals surface area contributed by atoms with Crippen molar-refractivity contribution in [3.63, 3.8) is 0 Å². The van der Waals surface area contributed by atoms with Crippen LogP contribution in [0.4, 0.5) is 5.69 Å². The Labute approximate surface area is 128 Å². The Morgan fingerprint density at radius 1 is 1.33 bits per heavy atom. The lowest BCUT2D eigenvalue weighted by Crippen LogP contribution is -2.38. The second kappa shape index (κ2) is 6.35. The number of benzene rings is 1. The molecule has 2 aromatic rings. The molecule has 1 N–H and O–H groups in total. The number of fused-ring (bicyclic) bond motifs is 1. The molecule has 0 spiro atoms. The minimum absolute atomic E-state index is 0.0419. The van der Waals surface area contributed by atoms with Crippen LogP contribution in [0, 0.1) is 0 Å². The van der Waals surface area contributed by atoms with Gasteiger partial charge in [-0.15, -0.1) is 0 Å². The highest BCUT2D eigenvalue weighted by Crippen LogP contribution is 2.24. The van der Waals surface area contributed by atoms with Gasteiger partial charge in [0.25, 0.3) is 5.91 Å². The Kier molecular flexibility index (Phi) is 4.29. The molecule has 1 aromatic carbocycles. The molecule has 2 heterocycles. The van der Waals surface area contributed by atoms with Gasteiger partial charge >= 0.3 is 0 Å². The third-order valence-corrected chi connectivity index (χ3v) is 4.54. The molecule has 0 unspecified atom stereocenters. The van der Waals surface area contributed by atoms with Gasteiger partial charge in [0.1, 0.15) is 5.69 Å². The van der Waals surface area contributed by atoms with Crippen LogP contribution >= 0.6 is 11.8 Å². The molecule has 3 rings (SSSR count). The number of pyridine rings is 1. The van der Waals surface area contributed by atoms with Gasteiger partial charge in [0.05, 0.1) is 5.52 Å². The van der Waals surface area contributed by atoms with Gasteiger partial charge in [-0.3, -0.25) is 4.79 Å². The number of aromatic nitrogens is 1. The van der Waals surface area contributed by atoms with E-state index in [1.165, 1.54) is 0 Å². The Hall–Kier alpha value is -1.75. The van der Waals surface area contributed by atoms with E-state index >= 15 is 0 Å². The van der Waals surface area contributed by atoms with Crippen molar-refractivity contribution < 1.29 is 4.79 Å². The Bertz CT molecular complexity index is 653. The van der Waals surface area contributed by atoms with Crippen molar-refractivity contribution in [2.24, 2.45) is 0 Å². The van der Waals surface area contributed by atoms with Crippen LogP contribution < -0.4 is 5.32 Å². The quantitative estimate of drug-likeness (QED) is 0.947. The van der Waals surface area contributed by atoms with Crippen molar-refractivity contribution in [3.8, 4) is 0 Å². The van der Waals surface area contributed by atoms with Crippen LogP contribution in [-0.2, 0) is 0 Å². The first kappa shape index (κ1) is 14.2. The summed E-state index contributed by atoms with van der Waals surface area (Å²) in [7, 11) is 0. The van der Waals surface area contributed by atoms with Gasteiger partial charge in [0.15, 0.2) is 0 Å². The highest BCUT2D eigenvalue weighted by molar-refractivity contribution is 7.99. The topological polar surface area (TPSA) is 45.2 Å². The van der Waals surface area contributed by atoms with Crippen LogP contribution in [0.25, 0.3) is 10.9 Å². The summed E-state index contributed by atoms with van der Waals surface area (Å²) in [5.41, 5.74) is 2.39. The summed E-state index contributed by atoms with van der Waals surface area (Å²) in [5, 5.41) is 4.39. The molecule has 0 bridgehead atoms. The molecule has 1 saturated heterocycles. The van der Waals surface area contributed by atoms with E-state index in [0.717, 1.165) is 47.7 Å². The lowest BCUT2D eigenvalue weighted by molar-refractivity contribution is 0.0767. The number of amides is 1. The number of rotatable bonds is 3. The SMILES string of the molecule is CCNc1cc(C(=O)N2CCSCC2)nc2ccccc12. The molecule has 5 heteroatoms. The predicted molar refractivity (Wildman–Crippen MR) is 89.1 cm³/mol. The maximum Gasteiger partial charge on any atom is 0.272 e. The summed E-state index contributed by atoms with van der Waals surface area (Å²) in [4.78, 5) is 19.1. The second-order valence-electron chi connectivity index (χ2n) is 5.01. The summed E-state index contributed by atoms with van der Waals surface area (Å²) in [6.45, 7) is 4.50. The van der Waals surface area contributed by atoms with Crippen LogP contribution in [0.15, 0.2) is 30.3 Å². The number of nitrogens with one attached hydrogen (secondary N) is 1. The molecule has 1 fully saturated rings. The highest BCUT2D eigenvalue weighted by Gasteiger charge is 2.20. The summed E-state index contributed by atoms with van der Waals surface area (Å²) in [5.74, 6) is 2.07. The van der Waals surface area contributed by atoms with Crippen molar-refractivity contribution >= 4 is 34.3 Å². The van der Waals surface area contributed by atoms with Crippen molar-refractivity contribution in [2.75, 3.05) is 36.5 Å². The number of nitrogens with zero attached hydrogens (tertiary/aromatic N) is 2. The number of para-hydroxylation sites is 1. The van der Waals surface area contributed by atoms with Gasteiger partial charge in [-0.1, -0.05) is 18.2 Å². The third-order valence-electron chi connectivity index (χ3n) is 3.60. The van der Waals surface area contributed by atoms with Crippen molar-refractivity contribution in [3.05, 3.63) is 36.0 Å². The van der Waals surface area contributed by atoms with Gasteiger partial charge in [0, 0.05) is 42.2 Å². The number of hydrogen-bond acceptors (Lipinski definition) is 4. The van der Waals surface area contributed by atoms with Crippen molar-refractivity contribution in [2.45, 2.75) is 6.92 Å². The molecule has 1 aliphatic heterocycles. The van der Waals surface area contributed by atoms with Gasteiger partial charge in [-0.25, -0.2) is 4.98 Å².